The number of anilines is 1. The molecule has 0 fully saturated rings. The highest BCUT2D eigenvalue weighted by Gasteiger charge is 2.15. The fourth-order valence-corrected chi connectivity index (χ4v) is 1.81. The van der Waals surface area contributed by atoms with Crippen LogP contribution in [0.2, 0.25) is 0 Å². The molecule has 0 unspecified atom stereocenters. The maximum Gasteiger partial charge on any atom is 0.144 e. The van der Waals surface area contributed by atoms with E-state index >= 15 is 0 Å². The molecule has 1 N–H and O–H groups in total. The van der Waals surface area contributed by atoms with Gasteiger partial charge in [-0.05, 0) is 26.9 Å². The van der Waals surface area contributed by atoms with E-state index in [9.17, 15) is 0 Å². The summed E-state index contributed by atoms with van der Waals surface area (Å²) in [5.74, 6) is 0.899. The first-order chi connectivity index (χ1) is 7.61. The van der Waals surface area contributed by atoms with Crippen LogP contribution in [-0.2, 0) is 7.05 Å². The van der Waals surface area contributed by atoms with Gasteiger partial charge in [0, 0.05) is 20.6 Å². The molecule has 1 aromatic rings. The minimum absolute atomic E-state index is 0.675. The average molecular weight is 221 g/mol. The number of nitriles is 1. The Morgan fingerprint density at radius 3 is 2.81 bits per heavy atom. The summed E-state index contributed by atoms with van der Waals surface area (Å²) in [6.07, 6.45) is 1.04. The van der Waals surface area contributed by atoms with E-state index in [0.29, 0.717) is 5.56 Å². The van der Waals surface area contributed by atoms with E-state index in [1.807, 2.05) is 28.1 Å². The minimum atomic E-state index is 0.675. The standard InChI is InChI=1S/C11H19N5/c1-9-10(8-12)11(16(4)14-9)15(3)7-5-6-13-2/h13H,5-7H2,1-4H3. The van der Waals surface area contributed by atoms with Gasteiger partial charge in [-0.15, -0.1) is 0 Å². The molecule has 88 valence electrons. The third-order valence-corrected chi connectivity index (χ3v) is 2.59. The highest BCUT2D eigenvalue weighted by Crippen LogP contribution is 2.20. The van der Waals surface area contributed by atoms with Crippen molar-refractivity contribution in [1.82, 2.24) is 15.1 Å². The Labute approximate surface area is 96.7 Å². The average Bonchev–Trinajstić information content (AvgIpc) is 2.53. The van der Waals surface area contributed by atoms with Gasteiger partial charge in [0.15, 0.2) is 0 Å². The molecule has 0 saturated heterocycles. The molecular weight excluding hydrogens is 202 g/mol. The van der Waals surface area contributed by atoms with Gasteiger partial charge in [-0.25, -0.2) is 0 Å². The number of aryl methyl sites for hydroxylation is 2. The molecule has 0 bridgehead atoms. The maximum absolute atomic E-state index is 9.09. The van der Waals surface area contributed by atoms with Crippen molar-refractivity contribution in [2.75, 3.05) is 32.1 Å². The van der Waals surface area contributed by atoms with Crippen molar-refractivity contribution in [3.05, 3.63) is 11.3 Å². The highest BCUT2D eigenvalue weighted by molar-refractivity contribution is 5.56. The maximum atomic E-state index is 9.09. The first-order valence-corrected chi connectivity index (χ1v) is 5.41. The summed E-state index contributed by atoms with van der Waals surface area (Å²) < 4.78 is 1.77. The van der Waals surface area contributed by atoms with E-state index in [2.05, 4.69) is 21.4 Å². The molecule has 1 heterocycles. The van der Waals surface area contributed by atoms with Gasteiger partial charge >= 0.3 is 0 Å². The van der Waals surface area contributed by atoms with Gasteiger partial charge in [0.1, 0.15) is 17.5 Å². The first kappa shape index (κ1) is 12.5. The zero-order chi connectivity index (χ0) is 12.1. The van der Waals surface area contributed by atoms with Crippen LogP contribution in [0, 0.1) is 18.3 Å². The van der Waals surface area contributed by atoms with Gasteiger partial charge < -0.3 is 10.2 Å². The van der Waals surface area contributed by atoms with E-state index in [4.69, 9.17) is 5.26 Å². The van der Waals surface area contributed by atoms with Crippen LogP contribution in [0.3, 0.4) is 0 Å². The SMILES string of the molecule is CNCCCN(C)c1c(C#N)c(C)nn1C. The second kappa shape index (κ2) is 5.52. The smallest absolute Gasteiger partial charge is 0.144 e. The summed E-state index contributed by atoms with van der Waals surface area (Å²) in [6, 6.07) is 2.22. The minimum Gasteiger partial charge on any atom is -0.359 e. The normalized spacial score (nSPS) is 10.2. The number of nitrogens with one attached hydrogen (secondary N) is 1. The number of hydrogen-bond donors (Lipinski definition) is 1. The third-order valence-electron chi connectivity index (χ3n) is 2.59. The summed E-state index contributed by atoms with van der Waals surface area (Å²) in [6.45, 7) is 3.75. The van der Waals surface area contributed by atoms with Crippen molar-refractivity contribution < 1.29 is 0 Å². The van der Waals surface area contributed by atoms with E-state index in [1.165, 1.54) is 0 Å². The Bertz CT molecular complexity index is 388. The Morgan fingerprint density at radius 1 is 1.56 bits per heavy atom. The summed E-state index contributed by atoms with van der Waals surface area (Å²) >= 11 is 0. The zero-order valence-corrected chi connectivity index (χ0v) is 10.4. The molecule has 0 aromatic carbocycles. The molecule has 0 spiro atoms. The van der Waals surface area contributed by atoms with Crippen molar-refractivity contribution in [2.24, 2.45) is 7.05 Å². The summed E-state index contributed by atoms with van der Waals surface area (Å²) in [5.41, 5.74) is 1.47. The molecule has 0 saturated carbocycles. The summed E-state index contributed by atoms with van der Waals surface area (Å²) in [5, 5.41) is 16.5. The largest absolute Gasteiger partial charge is 0.359 e. The Hall–Kier alpha value is -1.54. The van der Waals surface area contributed by atoms with Gasteiger partial charge in [0.2, 0.25) is 0 Å². The Balaban J connectivity index is 2.82. The number of aromatic nitrogens is 2. The van der Waals surface area contributed by atoms with Gasteiger partial charge in [-0.1, -0.05) is 0 Å². The number of nitrogens with zero attached hydrogens (tertiary/aromatic N) is 4. The summed E-state index contributed by atoms with van der Waals surface area (Å²) in [4.78, 5) is 2.08. The molecule has 5 heteroatoms. The van der Waals surface area contributed by atoms with Crippen molar-refractivity contribution in [1.29, 1.82) is 5.26 Å². The topological polar surface area (TPSA) is 56.9 Å². The van der Waals surface area contributed by atoms with Crippen LogP contribution in [0.1, 0.15) is 17.7 Å². The fourth-order valence-electron chi connectivity index (χ4n) is 1.81. The Morgan fingerprint density at radius 2 is 2.25 bits per heavy atom. The quantitative estimate of drug-likeness (QED) is 0.742. The number of rotatable bonds is 5. The molecule has 0 aliphatic heterocycles. The lowest BCUT2D eigenvalue weighted by molar-refractivity contribution is 0.682. The van der Waals surface area contributed by atoms with Gasteiger partial charge in [-0.3, -0.25) is 4.68 Å². The zero-order valence-electron chi connectivity index (χ0n) is 10.4. The first-order valence-electron chi connectivity index (χ1n) is 5.41. The van der Waals surface area contributed by atoms with E-state index < -0.39 is 0 Å². The Kier molecular flexibility index (Phi) is 4.32. The lowest BCUT2D eigenvalue weighted by Crippen LogP contribution is -2.24. The molecule has 16 heavy (non-hydrogen) atoms. The van der Waals surface area contributed by atoms with Crippen molar-refractivity contribution >= 4 is 5.82 Å². The van der Waals surface area contributed by atoms with Crippen molar-refractivity contribution in [3.63, 3.8) is 0 Å². The number of hydrogen-bond acceptors (Lipinski definition) is 4. The molecule has 1 rings (SSSR count). The second-order valence-electron chi connectivity index (χ2n) is 3.90. The fraction of sp³-hybridized carbons (Fsp3) is 0.636. The molecule has 1 aromatic heterocycles. The molecule has 5 nitrogen and oxygen atoms in total. The van der Waals surface area contributed by atoms with Gasteiger partial charge in [0.05, 0.1) is 5.69 Å². The lowest BCUT2D eigenvalue weighted by atomic mass is 10.2. The summed E-state index contributed by atoms with van der Waals surface area (Å²) in [7, 11) is 5.81. The molecule has 0 atom stereocenters. The predicted octanol–water partition coefficient (Wildman–Crippen LogP) is 0.646. The van der Waals surface area contributed by atoms with Crippen LogP contribution in [0.25, 0.3) is 0 Å². The van der Waals surface area contributed by atoms with Crippen LogP contribution in [-0.4, -0.2) is 37.0 Å². The van der Waals surface area contributed by atoms with Gasteiger partial charge in [0.25, 0.3) is 0 Å². The van der Waals surface area contributed by atoms with Crippen LogP contribution < -0.4 is 10.2 Å². The van der Waals surface area contributed by atoms with Crippen LogP contribution in [0.4, 0.5) is 5.82 Å². The lowest BCUT2D eigenvalue weighted by Gasteiger charge is -2.19. The highest BCUT2D eigenvalue weighted by atomic mass is 15.4. The van der Waals surface area contributed by atoms with Crippen LogP contribution in [0.15, 0.2) is 0 Å². The molecule has 0 aliphatic rings. The third kappa shape index (κ3) is 2.52. The van der Waals surface area contributed by atoms with Crippen LogP contribution in [0.5, 0.6) is 0 Å². The molecule has 0 amide bonds. The second-order valence-corrected chi connectivity index (χ2v) is 3.90. The van der Waals surface area contributed by atoms with Crippen LogP contribution >= 0.6 is 0 Å². The van der Waals surface area contributed by atoms with Gasteiger partial charge in [-0.2, -0.15) is 10.4 Å². The monoisotopic (exact) mass is 221 g/mol. The molecule has 0 aliphatic carbocycles. The predicted molar refractivity (Wildman–Crippen MR) is 64.5 cm³/mol. The van der Waals surface area contributed by atoms with Crippen molar-refractivity contribution in [2.45, 2.75) is 13.3 Å². The van der Waals surface area contributed by atoms with Crippen molar-refractivity contribution in [3.8, 4) is 6.07 Å². The molecular formula is C11H19N5. The van der Waals surface area contributed by atoms with E-state index in [1.54, 1.807) is 4.68 Å². The van der Waals surface area contributed by atoms with E-state index in [0.717, 1.165) is 31.0 Å². The van der Waals surface area contributed by atoms with E-state index in [-0.39, 0.29) is 0 Å². The molecule has 0 radical (unpaired) electrons.